The van der Waals surface area contributed by atoms with Crippen molar-refractivity contribution < 1.29 is 4.39 Å². The van der Waals surface area contributed by atoms with Crippen LogP contribution < -0.4 is 0 Å². The molecule has 144 valence electrons. The highest BCUT2D eigenvalue weighted by Gasteiger charge is 2.42. The molecule has 1 aliphatic rings. The fourth-order valence-electron chi connectivity index (χ4n) is 5.08. The number of rotatable bonds is 1. The molecular formula is C27H24FN. The zero-order chi connectivity index (χ0) is 20.4. The molecule has 1 aliphatic carbocycles. The highest BCUT2D eigenvalue weighted by atomic mass is 19.1. The average molecular weight is 381 g/mol. The molecule has 0 spiro atoms. The predicted octanol–water partition coefficient (Wildman–Crippen LogP) is 7.01. The van der Waals surface area contributed by atoms with E-state index in [1.54, 1.807) is 12.1 Å². The molecule has 29 heavy (non-hydrogen) atoms. The van der Waals surface area contributed by atoms with E-state index in [1.165, 1.54) is 22.3 Å². The number of para-hydroxylation sites is 1. The van der Waals surface area contributed by atoms with Gasteiger partial charge < -0.3 is 0 Å². The lowest BCUT2D eigenvalue weighted by molar-refractivity contribution is 0.522. The molecule has 2 heteroatoms. The monoisotopic (exact) mass is 381 g/mol. The van der Waals surface area contributed by atoms with Crippen LogP contribution in [0.2, 0.25) is 0 Å². The minimum absolute atomic E-state index is 0.132. The van der Waals surface area contributed by atoms with E-state index in [0.717, 1.165) is 5.56 Å². The van der Waals surface area contributed by atoms with Crippen molar-refractivity contribution in [1.82, 2.24) is 4.98 Å². The summed E-state index contributed by atoms with van der Waals surface area (Å²) in [7, 11) is 0. The molecule has 1 aromatic heterocycles. The van der Waals surface area contributed by atoms with E-state index in [2.05, 4.69) is 70.2 Å². The molecule has 1 heterocycles. The van der Waals surface area contributed by atoms with Crippen LogP contribution in [0, 0.1) is 5.82 Å². The average Bonchev–Trinajstić information content (AvgIpc) is 2.72. The number of fused-ring (bicyclic) bond motifs is 3. The molecule has 0 saturated heterocycles. The lowest BCUT2D eigenvalue weighted by atomic mass is 9.59. The van der Waals surface area contributed by atoms with E-state index in [-0.39, 0.29) is 16.6 Å². The van der Waals surface area contributed by atoms with Crippen LogP contribution in [0.1, 0.15) is 49.9 Å². The van der Waals surface area contributed by atoms with Crippen LogP contribution >= 0.6 is 0 Å². The molecule has 4 aromatic rings. The lowest BCUT2D eigenvalue weighted by Gasteiger charge is -2.44. The standard InChI is InChI=1S/C27H24FN/c1-26(2)19-12-6-7-13-20(19)27(3,4)25-18(11-9-14-21(25)26)24-16-22(28)17-10-5-8-15-23(17)29-24/h5-16H,1-4H3. The topological polar surface area (TPSA) is 12.9 Å². The third-order valence-electron chi connectivity index (χ3n) is 6.58. The number of pyridine rings is 1. The van der Waals surface area contributed by atoms with Crippen LogP contribution in [0.5, 0.6) is 0 Å². The van der Waals surface area contributed by atoms with Crippen molar-refractivity contribution in [3.05, 3.63) is 101 Å². The Bertz CT molecular complexity index is 1270. The van der Waals surface area contributed by atoms with Crippen LogP contribution in [0.4, 0.5) is 4.39 Å². The molecule has 0 saturated carbocycles. The smallest absolute Gasteiger partial charge is 0.134 e. The molecule has 1 nitrogen and oxygen atoms in total. The molecule has 0 atom stereocenters. The first kappa shape index (κ1) is 18.1. The van der Waals surface area contributed by atoms with E-state index in [0.29, 0.717) is 16.6 Å². The van der Waals surface area contributed by atoms with E-state index >= 15 is 0 Å². The number of hydrogen-bond donors (Lipinski definition) is 0. The molecule has 0 aliphatic heterocycles. The predicted molar refractivity (Wildman–Crippen MR) is 118 cm³/mol. The summed E-state index contributed by atoms with van der Waals surface area (Å²) in [6.07, 6.45) is 0. The first-order valence-corrected chi connectivity index (χ1v) is 10.1. The van der Waals surface area contributed by atoms with Gasteiger partial charge in [-0.2, -0.15) is 0 Å². The summed E-state index contributed by atoms with van der Waals surface area (Å²) in [5.41, 5.74) is 7.27. The van der Waals surface area contributed by atoms with Crippen molar-refractivity contribution in [2.24, 2.45) is 0 Å². The van der Waals surface area contributed by atoms with Gasteiger partial charge in [-0.25, -0.2) is 9.37 Å². The van der Waals surface area contributed by atoms with Crippen molar-refractivity contribution >= 4 is 10.9 Å². The number of hydrogen-bond acceptors (Lipinski definition) is 1. The van der Waals surface area contributed by atoms with Gasteiger partial charge in [-0.1, -0.05) is 82.3 Å². The normalized spacial score (nSPS) is 16.3. The van der Waals surface area contributed by atoms with Gasteiger partial charge in [-0.3, -0.25) is 0 Å². The quantitative estimate of drug-likeness (QED) is 0.346. The Morgan fingerprint density at radius 3 is 2.07 bits per heavy atom. The Hall–Kier alpha value is -3.00. The summed E-state index contributed by atoms with van der Waals surface area (Å²) >= 11 is 0. The van der Waals surface area contributed by atoms with Gasteiger partial charge in [0, 0.05) is 27.8 Å². The van der Waals surface area contributed by atoms with Gasteiger partial charge in [-0.15, -0.1) is 0 Å². The Kier molecular flexibility index (Phi) is 3.73. The van der Waals surface area contributed by atoms with Gasteiger partial charge >= 0.3 is 0 Å². The molecule has 0 amide bonds. The lowest BCUT2D eigenvalue weighted by Crippen LogP contribution is -2.37. The number of aromatic nitrogens is 1. The molecule has 0 fully saturated rings. The second-order valence-corrected chi connectivity index (χ2v) is 9.03. The fraction of sp³-hybridized carbons (Fsp3) is 0.222. The van der Waals surface area contributed by atoms with Gasteiger partial charge in [0.1, 0.15) is 5.82 Å². The van der Waals surface area contributed by atoms with E-state index in [4.69, 9.17) is 4.98 Å². The number of nitrogens with zero attached hydrogens (tertiary/aromatic N) is 1. The van der Waals surface area contributed by atoms with Crippen molar-refractivity contribution in [2.75, 3.05) is 0 Å². The summed E-state index contributed by atoms with van der Waals surface area (Å²) < 4.78 is 14.9. The van der Waals surface area contributed by atoms with Gasteiger partial charge in [-0.05, 0) is 34.4 Å². The largest absolute Gasteiger partial charge is 0.248 e. The maximum atomic E-state index is 14.9. The van der Waals surface area contributed by atoms with Gasteiger partial charge in [0.25, 0.3) is 0 Å². The zero-order valence-corrected chi connectivity index (χ0v) is 17.3. The molecule has 5 rings (SSSR count). The maximum absolute atomic E-state index is 14.9. The SMILES string of the molecule is CC1(C)c2ccccc2C(C)(C)c2c(-c3cc(F)c4ccccc4n3)cccc21. The van der Waals surface area contributed by atoms with Crippen LogP contribution in [-0.4, -0.2) is 4.98 Å². The summed E-state index contributed by atoms with van der Waals surface area (Å²) in [5, 5.41) is 0.561. The maximum Gasteiger partial charge on any atom is 0.134 e. The Balaban J connectivity index is 1.85. The molecule has 0 N–H and O–H groups in total. The van der Waals surface area contributed by atoms with E-state index < -0.39 is 0 Å². The van der Waals surface area contributed by atoms with Crippen molar-refractivity contribution in [3.8, 4) is 11.3 Å². The fourth-order valence-corrected chi connectivity index (χ4v) is 5.08. The molecule has 0 unspecified atom stereocenters. The number of halogens is 1. The molecule has 0 radical (unpaired) electrons. The molecular weight excluding hydrogens is 357 g/mol. The van der Waals surface area contributed by atoms with Gasteiger partial charge in [0.05, 0.1) is 11.2 Å². The highest BCUT2D eigenvalue weighted by molar-refractivity contribution is 5.83. The minimum atomic E-state index is -0.225. The van der Waals surface area contributed by atoms with Crippen LogP contribution in [0.15, 0.2) is 72.8 Å². The van der Waals surface area contributed by atoms with Crippen LogP contribution in [0.3, 0.4) is 0 Å². The summed E-state index contributed by atoms with van der Waals surface area (Å²) in [6, 6.07) is 24.1. The second kappa shape index (κ2) is 6.00. The Morgan fingerprint density at radius 2 is 1.31 bits per heavy atom. The van der Waals surface area contributed by atoms with E-state index in [9.17, 15) is 4.39 Å². The first-order chi connectivity index (χ1) is 13.8. The van der Waals surface area contributed by atoms with Crippen LogP contribution in [-0.2, 0) is 10.8 Å². The van der Waals surface area contributed by atoms with Gasteiger partial charge in [0.2, 0.25) is 0 Å². The van der Waals surface area contributed by atoms with Crippen molar-refractivity contribution in [2.45, 2.75) is 38.5 Å². The zero-order valence-electron chi connectivity index (χ0n) is 17.3. The molecule has 3 aromatic carbocycles. The number of benzene rings is 3. The van der Waals surface area contributed by atoms with Gasteiger partial charge in [0.15, 0.2) is 0 Å². The molecule has 0 bridgehead atoms. The van der Waals surface area contributed by atoms with Crippen molar-refractivity contribution in [1.29, 1.82) is 0 Å². The summed E-state index contributed by atoms with van der Waals surface area (Å²) in [6.45, 7) is 9.08. The Morgan fingerprint density at radius 1 is 0.690 bits per heavy atom. The third-order valence-corrected chi connectivity index (χ3v) is 6.58. The Labute approximate surface area is 171 Å². The first-order valence-electron chi connectivity index (χ1n) is 10.1. The van der Waals surface area contributed by atoms with E-state index in [1.807, 2.05) is 18.2 Å². The summed E-state index contributed by atoms with van der Waals surface area (Å²) in [5.74, 6) is -0.225. The highest BCUT2D eigenvalue weighted by Crippen LogP contribution is 2.52. The minimum Gasteiger partial charge on any atom is -0.248 e. The van der Waals surface area contributed by atoms with Crippen LogP contribution in [0.25, 0.3) is 22.2 Å². The second-order valence-electron chi connectivity index (χ2n) is 9.03. The summed E-state index contributed by atoms with van der Waals surface area (Å²) in [4.78, 5) is 4.84. The van der Waals surface area contributed by atoms with Crippen molar-refractivity contribution in [3.63, 3.8) is 0 Å². The third kappa shape index (κ3) is 2.48.